The van der Waals surface area contributed by atoms with Crippen molar-refractivity contribution in [2.75, 3.05) is 17.6 Å². The van der Waals surface area contributed by atoms with E-state index in [9.17, 15) is 0 Å². The van der Waals surface area contributed by atoms with Crippen LogP contribution in [0.25, 0.3) is 0 Å². The minimum atomic E-state index is 0.405. The Balaban J connectivity index is 2.05. The summed E-state index contributed by atoms with van der Waals surface area (Å²) < 4.78 is 1.83. The van der Waals surface area contributed by atoms with E-state index in [1.54, 1.807) is 0 Å². The summed E-state index contributed by atoms with van der Waals surface area (Å²) in [5.41, 5.74) is 8.47. The topological polar surface area (TPSA) is 55.9 Å². The van der Waals surface area contributed by atoms with Gasteiger partial charge in [-0.3, -0.25) is 4.68 Å². The average Bonchev–Trinajstić information content (AvgIpc) is 2.44. The number of rotatable bonds is 3. The molecule has 4 nitrogen and oxygen atoms in total. The number of aromatic nitrogens is 2. The molecular formula is C13H24N4. The minimum Gasteiger partial charge on any atom is -0.394 e. The van der Waals surface area contributed by atoms with Crippen molar-refractivity contribution in [1.29, 1.82) is 0 Å². The second-order valence-corrected chi connectivity index (χ2v) is 6.35. The van der Waals surface area contributed by atoms with Crippen LogP contribution in [0.1, 0.15) is 33.4 Å². The van der Waals surface area contributed by atoms with Gasteiger partial charge in [0.05, 0.1) is 11.4 Å². The third-order valence-corrected chi connectivity index (χ3v) is 5.06. The Morgan fingerprint density at radius 3 is 2.18 bits per heavy atom. The molecule has 1 fully saturated rings. The second kappa shape index (κ2) is 3.40. The van der Waals surface area contributed by atoms with E-state index in [2.05, 4.69) is 38.1 Å². The summed E-state index contributed by atoms with van der Waals surface area (Å²) in [5.74, 6) is 1.63. The van der Waals surface area contributed by atoms with Gasteiger partial charge >= 0.3 is 0 Å². The molecule has 1 aliphatic rings. The highest BCUT2D eigenvalue weighted by Gasteiger charge is 2.64. The van der Waals surface area contributed by atoms with Crippen molar-refractivity contribution in [3.63, 3.8) is 0 Å². The molecule has 0 bridgehead atoms. The van der Waals surface area contributed by atoms with Crippen LogP contribution in [0.4, 0.5) is 11.5 Å². The lowest BCUT2D eigenvalue weighted by atomic mass is 10.0. The van der Waals surface area contributed by atoms with Gasteiger partial charge in [0.2, 0.25) is 0 Å². The number of aryl methyl sites for hydroxylation is 2. The molecule has 0 spiro atoms. The van der Waals surface area contributed by atoms with Gasteiger partial charge in [0, 0.05) is 13.6 Å². The zero-order valence-corrected chi connectivity index (χ0v) is 11.8. The third kappa shape index (κ3) is 1.61. The first-order valence-electron chi connectivity index (χ1n) is 6.22. The first-order valence-corrected chi connectivity index (χ1v) is 6.22. The van der Waals surface area contributed by atoms with E-state index in [0.717, 1.165) is 23.7 Å². The molecule has 96 valence electrons. The summed E-state index contributed by atoms with van der Waals surface area (Å²) >= 11 is 0. The summed E-state index contributed by atoms with van der Waals surface area (Å²) in [6.07, 6.45) is 0. The molecule has 1 aromatic heterocycles. The monoisotopic (exact) mass is 236 g/mol. The van der Waals surface area contributed by atoms with Gasteiger partial charge in [0.15, 0.2) is 0 Å². The van der Waals surface area contributed by atoms with E-state index in [1.165, 1.54) is 0 Å². The van der Waals surface area contributed by atoms with Gasteiger partial charge in [0.1, 0.15) is 5.82 Å². The Bertz CT molecular complexity index is 429. The maximum Gasteiger partial charge on any atom is 0.147 e. The highest BCUT2D eigenvalue weighted by Crippen LogP contribution is 2.68. The number of nitrogens with two attached hydrogens (primary N) is 1. The van der Waals surface area contributed by atoms with Gasteiger partial charge in [-0.25, -0.2) is 0 Å². The van der Waals surface area contributed by atoms with E-state index >= 15 is 0 Å². The number of anilines is 2. The molecule has 1 saturated carbocycles. The minimum absolute atomic E-state index is 0.405. The highest BCUT2D eigenvalue weighted by atomic mass is 15.3. The molecule has 0 saturated heterocycles. The van der Waals surface area contributed by atoms with Crippen LogP contribution in [0.3, 0.4) is 0 Å². The maximum absolute atomic E-state index is 6.00. The van der Waals surface area contributed by atoms with Crippen LogP contribution in [0.15, 0.2) is 0 Å². The first-order chi connectivity index (χ1) is 7.69. The van der Waals surface area contributed by atoms with Crippen LogP contribution in [0.5, 0.6) is 0 Å². The molecule has 2 rings (SSSR count). The molecule has 0 atom stereocenters. The van der Waals surface area contributed by atoms with Gasteiger partial charge in [-0.05, 0) is 23.7 Å². The van der Waals surface area contributed by atoms with E-state index in [0.29, 0.717) is 16.7 Å². The molecule has 1 aliphatic carbocycles. The van der Waals surface area contributed by atoms with Crippen molar-refractivity contribution < 1.29 is 0 Å². The third-order valence-electron chi connectivity index (χ3n) is 5.06. The molecule has 0 aromatic carbocycles. The van der Waals surface area contributed by atoms with Crippen molar-refractivity contribution in [1.82, 2.24) is 9.78 Å². The molecule has 4 heteroatoms. The van der Waals surface area contributed by atoms with E-state index in [-0.39, 0.29) is 0 Å². The quantitative estimate of drug-likeness (QED) is 0.847. The van der Waals surface area contributed by atoms with Crippen molar-refractivity contribution in [3.05, 3.63) is 5.69 Å². The van der Waals surface area contributed by atoms with Crippen LogP contribution in [0.2, 0.25) is 0 Å². The number of hydrogen-bond donors (Lipinski definition) is 2. The van der Waals surface area contributed by atoms with E-state index < -0.39 is 0 Å². The SMILES string of the molecule is Cc1nn(C)c(NCC2C(C)(C)C2(C)C)c1N. The lowest BCUT2D eigenvalue weighted by Crippen LogP contribution is -2.12. The van der Waals surface area contributed by atoms with Crippen LogP contribution in [-0.4, -0.2) is 16.3 Å². The van der Waals surface area contributed by atoms with Crippen molar-refractivity contribution in [3.8, 4) is 0 Å². The Morgan fingerprint density at radius 1 is 1.29 bits per heavy atom. The summed E-state index contributed by atoms with van der Waals surface area (Å²) in [6.45, 7) is 12.2. The Kier molecular flexibility index (Phi) is 2.46. The Hall–Kier alpha value is -1.19. The first kappa shape index (κ1) is 12.3. The summed E-state index contributed by atoms with van der Waals surface area (Å²) in [7, 11) is 1.93. The smallest absolute Gasteiger partial charge is 0.147 e. The van der Waals surface area contributed by atoms with E-state index in [1.807, 2.05) is 18.7 Å². The number of nitrogen functional groups attached to an aromatic ring is 1. The van der Waals surface area contributed by atoms with Crippen molar-refractivity contribution in [2.45, 2.75) is 34.6 Å². The highest BCUT2D eigenvalue weighted by molar-refractivity contribution is 5.64. The molecule has 1 heterocycles. The lowest BCUT2D eigenvalue weighted by molar-refractivity contribution is 0.457. The standard InChI is InChI=1S/C13H24N4/c1-8-10(14)11(17(6)16-8)15-7-9-12(2,3)13(9,4)5/h9,15H,7,14H2,1-6H3. The second-order valence-electron chi connectivity index (χ2n) is 6.35. The van der Waals surface area contributed by atoms with Gasteiger partial charge in [0.25, 0.3) is 0 Å². The summed E-state index contributed by atoms with van der Waals surface area (Å²) in [4.78, 5) is 0. The Labute approximate surface area is 104 Å². The predicted octanol–water partition coefficient (Wildman–Crippen LogP) is 2.40. The zero-order chi connectivity index (χ0) is 13.0. The van der Waals surface area contributed by atoms with Gasteiger partial charge in [-0.2, -0.15) is 5.10 Å². The molecule has 0 unspecified atom stereocenters. The van der Waals surface area contributed by atoms with Gasteiger partial charge in [-0.1, -0.05) is 27.7 Å². The summed E-state index contributed by atoms with van der Waals surface area (Å²) in [5, 5.41) is 7.76. The van der Waals surface area contributed by atoms with Crippen molar-refractivity contribution >= 4 is 11.5 Å². The zero-order valence-electron chi connectivity index (χ0n) is 11.8. The average molecular weight is 236 g/mol. The van der Waals surface area contributed by atoms with Crippen LogP contribution in [0, 0.1) is 23.7 Å². The predicted molar refractivity (Wildman–Crippen MR) is 71.9 cm³/mol. The largest absolute Gasteiger partial charge is 0.394 e. The normalized spacial score (nSPS) is 21.5. The van der Waals surface area contributed by atoms with Gasteiger partial charge in [-0.15, -0.1) is 0 Å². The summed E-state index contributed by atoms with van der Waals surface area (Å²) in [6, 6.07) is 0. The molecule has 17 heavy (non-hydrogen) atoms. The van der Waals surface area contributed by atoms with Crippen LogP contribution < -0.4 is 11.1 Å². The molecule has 0 aliphatic heterocycles. The lowest BCUT2D eigenvalue weighted by Gasteiger charge is -2.08. The molecule has 1 aromatic rings. The maximum atomic E-state index is 6.00. The Morgan fingerprint density at radius 2 is 1.82 bits per heavy atom. The number of hydrogen-bond acceptors (Lipinski definition) is 3. The van der Waals surface area contributed by atoms with Crippen LogP contribution >= 0.6 is 0 Å². The molecule has 3 N–H and O–H groups in total. The molecule has 0 radical (unpaired) electrons. The fourth-order valence-corrected chi connectivity index (χ4v) is 2.93. The number of nitrogens with one attached hydrogen (secondary N) is 1. The van der Waals surface area contributed by atoms with E-state index in [4.69, 9.17) is 5.73 Å². The molecular weight excluding hydrogens is 212 g/mol. The number of nitrogens with zero attached hydrogens (tertiary/aromatic N) is 2. The fraction of sp³-hybridized carbons (Fsp3) is 0.769. The van der Waals surface area contributed by atoms with Crippen molar-refractivity contribution in [2.24, 2.45) is 23.8 Å². The van der Waals surface area contributed by atoms with Crippen LogP contribution in [-0.2, 0) is 7.05 Å². The fourth-order valence-electron chi connectivity index (χ4n) is 2.93. The molecule has 0 amide bonds. The van der Waals surface area contributed by atoms with Gasteiger partial charge < -0.3 is 11.1 Å².